The van der Waals surface area contributed by atoms with Crippen LogP contribution in [0.2, 0.25) is 0 Å². The van der Waals surface area contributed by atoms with Crippen LogP contribution in [-0.4, -0.2) is 40.7 Å². The number of piperidine rings is 1. The Morgan fingerprint density at radius 1 is 1.38 bits per heavy atom. The van der Waals surface area contributed by atoms with E-state index in [4.69, 9.17) is 4.74 Å². The Kier molecular flexibility index (Phi) is 4.69. The summed E-state index contributed by atoms with van der Waals surface area (Å²) in [4.78, 5) is 14.4. The largest absolute Gasteiger partial charge is 0.459 e. The quantitative estimate of drug-likeness (QED) is 0.869. The van der Waals surface area contributed by atoms with Crippen LogP contribution in [-0.2, 0) is 9.53 Å². The van der Waals surface area contributed by atoms with Crippen LogP contribution in [0.1, 0.15) is 45.3 Å². The maximum atomic E-state index is 12.1. The summed E-state index contributed by atoms with van der Waals surface area (Å²) in [7, 11) is 2.05. The van der Waals surface area contributed by atoms with Crippen molar-refractivity contribution in [3.8, 4) is 0 Å². The lowest BCUT2D eigenvalue weighted by Gasteiger charge is -2.47. The SMILES string of the molecule is C[C@@H]1[C@H](OC(=O)[C@H](O)c2ccccc2)CCC(C)(C)N1C. The van der Waals surface area contributed by atoms with Crippen molar-refractivity contribution < 1.29 is 14.6 Å². The average Bonchev–Trinajstić information content (AvgIpc) is 2.48. The molecule has 1 aliphatic heterocycles. The maximum Gasteiger partial charge on any atom is 0.339 e. The summed E-state index contributed by atoms with van der Waals surface area (Å²) >= 11 is 0. The van der Waals surface area contributed by atoms with Crippen LogP contribution < -0.4 is 0 Å². The summed E-state index contributed by atoms with van der Waals surface area (Å²) in [6, 6.07) is 9.04. The Labute approximate surface area is 126 Å². The topological polar surface area (TPSA) is 49.8 Å². The third-order valence-corrected chi connectivity index (χ3v) is 4.75. The van der Waals surface area contributed by atoms with Crippen LogP contribution in [0.4, 0.5) is 0 Å². The predicted octanol–water partition coefficient (Wildman–Crippen LogP) is 2.52. The van der Waals surface area contributed by atoms with Gasteiger partial charge in [0.1, 0.15) is 6.10 Å². The molecule has 21 heavy (non-hydrogen) atoms. The molecule has 1 N–H and O–H groups in total. The summed E-state index contributed by atoms with van der Waals surface area (Å²) in [6.07, 6.45) is 0.409. The minimum atomic E-state index is -1.21. The van der Waals surface area contributed by atoms with Crippen molar-refractivity contribution in [1.82, 2.24) is 4.90 Å². The molecule has 0 saturated carbocycles. The van der Waals surface area contributed by atoms with E-state index in [0.717, 1.165) is 12.8 Å². The molecule has 0 unspecified atom stereocenters. The third-order valence-electron chi connectivity index (χ3n) is 4.75. The molecule has 0 radical (unpaired) electrons. The van der Waals surface area contributed by atoms with Crippen molar-refractivity contribution in [2.45, 2.75) is 57.4 Å². The number of ether oxygens (including phenoxy) is 1. The first-order valence-electron chi connectivity index (χ1n) is 7.49. The average molecular weight is 291 g/mol. The second-order valence-electron chi connectivity index (χ2n) is 6.49. The van der Waals surface area contributed by atoms with E-state index in [1.165, 1.54) is 0 Å². The van der Waals surface area contributed by atoms with E-state index < -0.39 is 12.1 Å². The number of esters is 1. The molecule has 1 aromatic rings. The van der Waals surface area contributed by atoms with Crippen LogP contribution in [0, 0.1) is 0 Å². The molecule has 0 amide bonds. The van der Waals surface area contributed by atoms with Gasteiger partial charge in [0.15, 0.2) is 6.10 Å². The van der Waals surface area contributed by atoms with Gasteiger partial charge in [0.25, 0.3) is 0 Å². The molecule has 3 atom stereocenters. The molecule has 4 nitrogen and oxygen atoms in total. The zero-order chi connectivity index (χ0) is 15.6. The minimum Gasteiger partial charge on any atom is -0.459 e. The van der Waals surface area contributed by atoms with Gasteiger partial charge in [-0.25, -0.2) is 4.79 Å². The Balaban J connectivity index is 2.00. The van der Waals surface area contributed by atoms with Gasteiger partial charge in [-0.05, 0) is 46.2 Å². The van der Waals surface area contributed by atoms with Crippen LogP contribution in [0.25, 0.3) is 0 Å². The van der Waals surface area contributed by atoms with E-state index in [-0.39, 0.29) is 17.7 Å². The number of likely N-dealkylation sites (tertiary alicyclic amines) is 1. The van der Waals surface area contributed by atoms with Gasteiger partial charge in [-0.15, -0.1) is 0 Å². The van der Waals surface area contributed by atoms with Gasteiger partial charge in [0.05, 0.1) is 0 Å². The number of carbonyl (C=O) groups excluding carboxylic acids is 1. The van der Waals surface area contributed by atoms with Crippen molar-refractivity contribution >= 4 is 5.97 Å². The van der Waals surface area contributed by atoms with Gasteiger partial charge < -0.3 is 9.84 Å². The highest BCUT2D eigenvalue weighted by molar-refractivity contribution is 5.76. The van der Waals surface area contributed by atoms with E-state index in [1.807, 2.05) is 6.07 Å². The van der Waals surface area contributed by atoms with Crippen LogP contribution in [0.5, 0.6) is 0 Å². The molecule has 1 saturated heterocycles. The molecule has 0 spiro atoms. The molecule has 1 aliphatic rings. The Morgan fingerprint density at radius 2 is 2.00 bits per heavy atom. The number of hydrogen-bond donors (Lipinski definition) is 1. The highest BCUT2D eigenvalue weighted by atomic mass is 16.6. The molecule has 1 fully saturated rings. The summed E-state index contributed by atoms with van der Waals surface area (Å²) < 4.78 is 5.55. The molecule has 0 bridgehead atoms. The number of carbonyl (C=O) groups is 1. The summed E-state index contributed by atoms with van der Waals surface area (Å²) in [5.74, 6) is -0.564. The van der Waals surface area contributed by atoms with Gasteiger partial charge in [0, 0.05) is 11.6 Å². The monoisotopic (exact) mass is 291 g/mol. The number of nitrogens with zero attached hydrogens (tertiary/aromatic N) is 1. The fourth-order valence-electron chi connectivity index (χ4n) is 2.86. The van der Waals surface area contributed by atoms with Gasteiger partial charge in [0.2, 0.25) is 0 Å². The van der Waals surface area contributed by atoms with E-state index in [2.05, 4.69) is 32.7 Å². The highest BCUT2D eigenvalue weighted by Crippen LogP contribution is 2.32. The Bertz CT molecular complexity index is 486. The van der Waals surface area contributed by atoms with Crippen molar-refractivity contribution in [1.29, 1.82) is 0 Å². The smallest absolute Gasteiger partial charge is 0.339 e. The fourth-order valence-corrected chi connectivity index (χ4v) is 2.86. The Morgan fingerprint density at radius 3 is 2.62 bits per heavy atom. The molecule has 1 aromatic carbocycles. The van der Waals surface area contributed by atoms with E-state index in [9.17, 15) is 9.90 Å². The number of rotatable bonds is 3. The zero-order valence-corrected chi connectivity index (χ0v) is 13.2. The van der Waals surface area contributed by atoms with Gasteiger partial charge in [-0.2, -0.15) is 0 Å². The summed E-state index contributed by atoms with van der Waals surface area (Å²) in [6.45, 7) is 6.45. The van der Waals surface area contributed by atoms with Crippen LogP contribution in [0.15, 0.2) is 30.3 Å². The molecule has 0 aliphatic carbocycles. The van der Waals surface area contributed by atoms with Gasteiger partial charge in [-0.1, -0.05) is 30.3 Å². The van der Waals surface area contributed by atoms with E-state index in [0.29, 0.717) is 5.56 Å². The third kappa shape index (κ3) is 3.44. The van der Waals surface area contributed by atoms with Crippen LogP contribution >= 0.6 is 0 Å². The molecular formula is C17H25NO3. The molecular weight excluding hydrogens is 266 g/mol. The number of likely N-dealkylation sites (N-methyl/N-ethyl adjacent to an activating group) is 1. The Hall–Kier alpha value is -1.39. The summed E-state index contributed by atoms with van der Waals surface area (Å²) in [5.41, 5.74) is 0.681. The first kappa shape index (κ1) is 16.0. The number of aliphatic hydroxyl groups excluding tert-OH is 1. The minimum absolute atomic E-state index is 0.111. The predicted molar refractivity (Wildman–Crippen MR) is 81.8 cm³/mol. The fraction of sp³-hybridized carbons (Fsp3) is 0.588. The van der Waals surface area contributed by atoms with Crippen molar-refractivity contribution in [3.05, 3.63) is 35.9 Å². The van der Waals surface area contributed by atoms with Crippen molar-refractivity contribution in [2.24, 2.45) is 0 Å². The highest BCUT2D eigenvalue weighted by Gasteiger charge is 2.39. The molecule has 2 rings (SSSR count). The van der Waals surface area contributed by atoms with Gasteiger partial charge >= 0.3 is 5.97 Å². The maximum absolute atomic E-state index is 12.1. The number of benzene rings is 1. The van der Waals surface area contributed by atoms with Crippen molar-refractivity contribution in [2.75, 3.05) is 7.05 Å². The molecule has 4 heteroatoms. The van der Waals surface area contributed by atoms with Crippen molar-refractivity contribution in [3.63, 3.8) is 0 Å². The second-order valence-corrected chi connectivity index (χ2v) is 6.49. The lowest BCUT2D eigenvalue weighted by Crippen LogP contribution is -2.56. The lowest BCUT2D eigenvalue weighted by molar-refractivity contribution is -0.168. The van der Waals surface area contributed by atoms with E-state index >= 15 is 0 Å². The van der Waals surface area contributed by atoms with E-state index in [1.54, 1.807) is 24.3 Å². The molecule has 1 heterocycles. The molecule has 0 aromatic heterocycles. The zero-order valence-electron chi connectivity index (χ0n) is 13.2. The lowest BCUT2D eigenvalue weighted by atomic mass is 9.85. The number of aliphatic hydroxyl groups is 1. The second kappa shape index (κ2) is 6.16. The normalized spacial score (nSPS) is 27.1. The van der Waals surface area contributed by atoms with Crippen LogP contribution in [0.3, 0.4) is 0 Å². The molecule has 116 valence electrons. The first-order valence-corrected chi connectivity index (χ1v) is 7.49. The van der Waals surface area contributed by atoms with Gasteiger partial charge in [-0.3, -0.25) is 4.90 Å². The summed E-state index contributed by atoms with van der Waals surface area (Å²) in [5, 5.41) is 10.1. The standard InChI is InChI=1S/C17H25NO3/c1-12-14(10-11-17(2,3)18(12)4)21-16(20)15(19)13-8-6-5-7-9-13/h5-9,12,14-15,19H,10-11H2,1-4H3/t12-,14-,15-/m1/s1. The number of hydrogen-bond acceptors (Lipinski definition) is 4. The first-order chi connectivity index (χ1) is 9.83.